The van der Waals surface area contributed by atoms with E-state index < -0.39 is 11.7 Å². The lowest BCUT2D eigenvalue weighted by Crippen LogP contribution is -2.34. The summed E-state index contributed by atoms with van der Waals surface area (Å²) in [4.78, 5) is 16.3. The molecule has 1 aromatic carbocycles. The van der Waals surface area contributed by atoms with Crippen molar-refractivity contribution in [3.05, 3.63) is 23.8 Å². The molecular formula is C17H27N3O3S. The Morgan fingerprint density at radius 3 is 2.62 bits per heavy atom. The molecule has 7 heteroatoms. The van der Waals surface area contributed by atoms with E-state index in [0.29, 0.717) is 16.6 Å². The monoisotopic (exact) mass is 353 g/mol. The molecule has 0 saturated heterocycles. The molecule has 0 aliphatic rings. The van der Waals surface area contributed by atoms with Gasteiger partial charge >= 0.3 is 6.09 Å². The number of amides is 1. The van der Waals surface area contributed by atoms with Gasteiger partial charge in [-0.05, 0) is 51.6 Å². The van der Waals surface area contributed by atoms with Crippen LogP contribution in [0.2, 0.25) is 0 Å². The standard InChI is InChI=1S/C17H27N3O3S/c1-7-24-15(18)20-12-8-9-14(22-6)13(10-12)11(2)19-16(21)23-17(3,4)5/h8-11H,7H2,1-6H3,(H2,18,20)(H,19,21). The van der Waals surface area contributed by atoms with Gasteiger partial charge in [0.05, 0.1) is 18.8 Å². The molecule has 0 heterocycles. The average Bonchev–Trinajstić information content (AvgIpc) is 2.45. The van der Waals surface area contributed by atoms with Crippen LogP contribution in [0.4, 0.5) is 10.5 Å². The highest BCUT2D eigenvalue weighted by molar-refractivity contribution is 8.13. The summed E-state index contributed by atoms with van der Waals surface area (Å²) in [5.41, 5.74) is 6.82. The second-order valence-electron chi connectivity index (χ2n) is 6.18. The largest absolute Gasteiger partial charge is 0.496 e. The van der Waals surface area contributed by atoms with E-state index in [4.69, 9.17) is 15.2 Å². The molecule has 1 unspecified atom stereocenters. The molecule has 0 aliphatic heterocycles. The number of hydrogen-bond acceptors (Lipinski definition) is 5. The Bertz CT molecular complexity index is 597. The van der Waals surface area contributed by atoms with Crippen LogP contribution >= 0.6 is 11.8 Å². The molecule has 6 nitrogen and oxygen atoms in total. The predicted molar refractivity (Wildman–Crippen MR) is 100 cm³/mol. The van der Waals surface area contributed by atoms with Crippen molar-refractivity contribution in [2.24, 2.45) is 10.7 Å². The number of hydrogen-bond donors (Lipinski definition) is 2. The van der Waals surface area contributed by atoms with Crippen LogP contribution in [-0.2, 0) is 4.74 Å². The maximum absolute atomic E-state index is 12.0. The molecule has 0 saturated carbocycles. The number of carbonyl (C=O) groups excluding carboxylic acids is 1. The first-order valence-corrected chi connectivity index (χ1v) is 8.79. The van der Waals surface area contributed by atoms with Gasteiger partial charge in [0.1, 0.15) is 11.4 Å². The van der Waals surface area contributed by atoms with Gasteiger partial charge in [-0.15, -0.1) is 0 Å². The van der Waals surface area contributed by atoms with E-state index in [-0.39, 0.29) is 6.04 Å². The van der Waals surface area contributed by atoms with Gasteiger partial charge in [0.25, 0.3) is 0 Å². The van der Waals surface area contributed by atoms with Crippen LogP contribution in [0.5, 0.6) is 5.75 Å². The van der Waals surface area contributed by atoms with Crippen molar-refractivity contribution in [3.63, 3.8) is 0 Å². The van der Waals surface area contributed by atoms with Gasteiger partial charge in [0, 0.05) is 5.56 Å². The van der Waals surface area contributed by atoms with Gasteiger partial charge in [0.2, 0.25) is 0 Å². The summed E-state index contributed by atoms with van der Waals surface area (Å²) in [6.07, 6.45) is -0.480. The summed E-state index contributed by atoms with van der Waals surface area (Å²) < 4.78 is 10.7. The summed E-state index contributed by atoms with van der Waals surface area (Å²) in [5, 5.41) is 3.31. The fraction of sp³-hybridized carbons (Fsp3) is 0.529. The first-order valence-electron chi connectivity index (χ1n) is 7.80. The number of amidine groups is 1. The summed E-state index contributed by atoms with van der Waals surface area (Å²) in [6.45, 7) is 9.34. The number of carbonyl (C=O) groups is 1. The van der Waals surface area contributed by atoms with Gasteiger partial charge in [-0.2, -0.15) is 0 Å². The molecule has 24 heavy (non-hydrogen) atoms. The lowest BCUT2D eigenvalue weighted by Gasteiger charge is -2.23. The Morgan fingerprint density at radius 2 is 2.08 bits per heavy atom. The minimum atomic E-state index is -0.550. The number of nitrogens with zero attached hydrogens (tertiary/aromatic N) is 1. The van der Waals surface area contributed by atoms with E-state index in [2.05, 4.69) is 10.3 Å². The third-order valence-electron chi connectivity index (χ3n) is 2.94. The highest BCUT2D eigenvalue weighted by atomic mass is 32.2. The van der Waals surface area contributed by atoms with Crippen molar-refractivity contribution >= 4 is 28.7 Å². The molecule has 0 aliphatic carbocycles. The number of nitrogens with one attached hydrogen (secondary N) is 1. The van der Waals surface area contributed by atoms with Crippen LogP contribution in [0.3, 0.4) is 0 Å². The molecule has 1 amide bonds. The molecule has 0 fully saturated rings. The van der Waals surface area contributed by atoms with Crippen molar-refractivity contribution < 1.29 is 14.3 Å². The molecule has 0 aromatic heterocycles. The maximum Gasteiger partial charge on any atom is 0.408 e. The Morgan fingerprint density at radius 1 is 1.42 bits per heavy atom. The third-order valence-corrected chi connectivity index (χ3v) is 3.62. The highest BCUT2D eigenvalue weighted by Gasteiger charge is 2.20. The summed E-state index contributed by atoms with van der Waals surface area (Å²) >= 11 is 1.47. The van der Waals surface area contributed by atoms with E-state index in [9.17, 15) is 4.79 Å². The second-order valence-corrected chi connectivity index (χ2v) is 7.46. The van der Waals surface area contributed by atoms with Crippen LogP contribution in [0.25, 0.3) is 0 Å². The molecular weight excluding hydrogens is 326 g/mol. The fourth-order valence-electron chi connectivity index (χ4n) is 2.00. The van der Waals surface area contributed by atoms with Gasteiger partial charge in [-0.3, -0.25) is 0 Å². The van der Waals surface area contributed by atoms with Crippen molar-refractivity contribution in [1.29, 1.82) is 0 Å². The first kappa shape index (κ1) is 20.2. The van der Waals surface area contributed by atoms with E-state index in [1.165, 1.54) is 11.8 Å². The smallest absolute Gasteiger partial charge is 0.408 e. The molecule has 0 bridgehead atoms. The Hall–Kier alpha value is -1.89. The lowest BCUT2D eigenvalue weighted by atomic mass is 10.1. The summed E-state index contributed by atoms with van der Waals surface area (Å²) in [7, 11) is 1.59. The van der Waals surface area contributed by atoms with Crippen molar-refractivity contribution in [1.82, 2.24) is 5.32 Å². The number of aliphatic imine (C=N–C) groups is 1. The molecule has 134 valence electrons. The molecule has 0 radical (unpaired) electrons. The number of nitrogens with two attached hydrogens (primary N) is 1. The Kier molecular flexibility index (Phi) is 7.41. The van der Waals surface area contributed by atoms with Crippen LogP contribution in [-0.4, -0.2) is 29.7 Å². The lowest BCUT2D eigenvalue weighted by molar-refractivity contribution is 0.0507. The Labute approximate surface area is 148 Å². The zero-order valence-electron chi connectivity index (χ0n) is 15.2. The van der Waals surface area contributed by atoms with Crippen LogP contribution in [0.15, 0.2) is 23.2 Å². The number of alkyl carbamates (subject to hydrolysis) is 1. The van der Waals surface area contributed by atoms with Gasteiger partial charge in [0.15, 0.2) is 5.17 Å². The van der Waals surface area contributed by atoms with E-state index in [0.717, 1.165) is 11.3 Å². The fourth-order valence-corrected chi connectivity index (χ4v) is 2.46. The molecule has 3 N–H and O–H groups in total. The van der Waals surface area contributed by atoms with E-state index in [1.807, 2.05) is 52.8 Å². The number of methoxy groups -OCH3 is 1. The van der Waals surface area contributed by atoms with Gasteiger partial charge in [-0.25, -0.2) is 9.79 Å². The van der Waals surface area contributed by atoms with Crippen LogP contribution in [0, 0.1) is 0 Å². The maximum atomic E-state index is 12.0. The SMILES string of the molecule is CCSC(N)=Nc1ccc(OC)c(C(C)NC(=O)OC(C)(C)C)c1. The number of benzene rings is 1. The van der Waals surface area contributed by atoms with Crippen LogP contribution in [0.1, 0.15) is 46.2 Å². The number of thioether (sulfide) groups is 1. The van der Waals surface area contributed by atoms with E-state index in [1.54, 1.807) is 7.11 Å². The van der Waals surface area contributed by atoms with E-state index >= 15 is 0 Å². The summed E-state index contributed by atoms with van der Waals surface area (Å²) in [5.74, 6) is 1.52. The van der Waals surface area contributed by atoms with Crippen molar-refractivity contribution in [2.45, 2.75) is 46.3 Å². The first-order chi connectivity index (χ1) is 11.2. The Balaban J connectivity index is 2.99. The zero-order chi connectivity index (χ0) is 18.3. The van der Waals surface area contributed by atoms with Gasteiger partial charge in [-0.1, -0.05) is 18.7 Å². The van der Waals surface area contributed by atoms with Crippen molar-refractivity contribution in [3.8, 4) is 5.75 Å². The molecule has 1 atom stereocenters. The zero-order valence-corrected chi connectivity index (χ0v) is 16.0. The second kappa shape index (κ2) is 8.82. The number of rotatable bonds is 5. The minimum absolute atomic E-state index is 0.301. The third kappa shape index (κ3) is 6.70. The quantitative estimate of drug-likeness (QED) is 0.618. The summed E-state index contributed by atoms with van der Waals surface area (Å²) in [6, 6.07) is 5.19. The molecule has 0 spiro atoms. The van der Waals surface area contributed by atoms with Gasteiger partial charge < -0.3 is 20.5 Å². The predicted octanol–water partition coefficient (Wildman–Crippen LogP) is 3.98. The highest BCUT2D eigenvalue weighted by Crippen LogP contribution is 2.30. The molecule has 1 rings (SSSR count). The normalized spacial score (nSPS) is 13.3. The number of ether oxygens (including phenoxy) is 2. The molecule has 1 aromatic rings. The topological polar surface area (TPSA) is 85.9 Å². The van der Waals surface area contributed by atoms with Crippen molar-refractivity contribution in [2.75, 3.05) is 12.9 Å². The minimum Gasteiger partial charge on any atom is -0.496 e. The van der Waals surface area contributed by atoms with Crippen LogP contribution < -0.4 is 15.8 Å². The average molecular weight is 353 g/mol.